The zero-order valence-corrected chi connectivity index (χ0v) is 17.6. The number of hydrogen-bond acceptors (Lipinski definition) is 4. The summed E-state index contributed by atoms with van der Waals surface area (Å²) in [6.07, 6.45) is 1.68. The third-order valence-corrected chi connectivity index (χ3v) is 4.86. The maximum atomic E-state index is 6.01. The smallest absolute Gasteiger partial charge is 0.191 e. The Balaban J connectivity index is 2.00. The lowest BCUT2D eigenvalue weighted by molar-refractivity contribution is 0.298. The molecule has 0 radical (unpaired) electrons. The van der Waals surface area contributed by atoms with Crippen LogP contribution in [0.4, 0.5) is 0 Å². The van der Waals surface area contributed by atoms with E-state index >= 15 is 0 Å². The largest absolute Gasteiger partial charge is 0.361 e. The quantitative estimate of drug-likeness (QED) is 0.533. The number of nitrogens with one attached hydrogen (secondary N) is 2. The standard InChI is InChI=1S/C20H30ClN5O/c1-6-17-16(19(7-2)27-25-17)12-23-20(22-3)24-13-18(26(4)5)14-8-10-15(21)11-9-14/h8-11,18H,6-7,12-13H2,1-5H3,(H2,22,23,24). The van der Waals surface area contributed by atoms with Gasteiger partial charge in [-0.15, -0.1) is 0 Å². The summed E-state index contributed by atoms with van der Waals surface area (Å²) in [4.78, 5) is 6.52. The fourth-order valence-electron chi connectivity index (χ4n) is 3.01. The van der Waals surface area contributed by atoms with E-state index in [1.165, 1.54) is 5.56 Å². The van der Waals surface area contributed by atoms with Gasteiger partial charge in [0.1, 0.15) is 5.76 Å². The number of aromatic nitrogens is 1. The van der Waals surface area contributed by atoms with Gasteiger partial charge in [-0.1, -0.05) is 42.7 Å². The fraction of sp³-hybridized carbons (Fsp3) is 0.500. The molecule has 0 amide bonds. The number of benzene rings is 1. The Morgan fingerprint density at radius 3 is 2.44 bits per heavy atom. The van der Waals surface area contributed by atoms with Crippen molar-refractivity contribution < 1.29 is 4.52 Å². The van der Waals surface area contributed by atoms with Gasteiger partial charge >= 0.3 is 0 Å². The summed E-state index contributed by atoms with van der Waals surface area (Å²) in [5.41, 5.74) is 3.33. The van der Waals surface area contributed by atoms with Crippen LogP contribution >= 0.6 is 11.6 Å². The van der Waals surface area contributed by atoms with Crippen LogP contribution in [0.5, 0.6) is 0 Å². The van der Waals surface area contributed by atoms with Gasteiger partial charge in [0, 0.05) is 37.1 Å². The van der Waals surface area contributed by atoms with E-state index in [1.54, 1.807) is 7.05 Å². The van der Waals surface area contributed by atoms with Crippen LogP contribution < -0.4 is 10.6 Å². The predicted octanol–water partition coefficient (Wildman–Crippen LogP) is 3.42. The summed E-state index contributed by atoms with van der Waals surface area (Å²) in [5, 5.41) is 11.7. The summed E-state index contributed by atoms with van der Waals surface area (Å²) < 4.78 is 5.43. The summed E-state index contributed by atoms with van der Waals surface area (Å²) in [6.45, 7) is 5.52. The highest BCUT2D eigenvalue weighted by Gasteiger charge is 2.16. The molecular weight excluding hydrogens is 362 g/mol. The molecule has 1 atom stereocenters. The number of guanidine groups is 1. The topological polar surface area (TPSA) is 65.7 Å². The molecule has 1 unspecified atom stereocenters. The second-order valence-electron chi connectivity index (χ2n) is 6.58. The van der Waals surface area contributed by atoms with Crippen molar-refractivity contribution >= 4 is 17.6 Å². The second-order valence-corrected chi connectivity index (χ2v) is 7.01. The van der Waals surface area contributed by atoms with Gasteiger partial charge in [0.25, 0.3) is 0 Å². The van der Waals surface area contributed by atoms with Crippen molar-refractivity contribution in [1.82, 2.24) is 20.7 Å². The van der Waals surface area contributed by atoms with E-state index in [-0.39, 0.29) is 6.04 Å². The van der Waals surface area contributed by atoms with Gasteiger partial charge in [0.05, 0.1) is 11.7 Å². The Morgan fingerprint density at radius 1 is 1.19 bits per heavy atom. The second kappa shape index (κ2) is 10.3. The van der Waals surface area contributed by atoms with Crippen LogP contribution in [0.2, 0.25) is 5.02 Å². The predicted molar refractivity (Wildman–Crippen MR) is 111 cm³/mol. The molecule has 0 aliphatic carbocycles. The first-order valence-electron chi connectivity index (χ1n) is 9.32. The minimum Gasteiger partial charge on any atom is -0.361 e. The highest BCUT2D eigenvalue weighted by atomic mass is 35.5. The summed E-state index contributed by atoms with van der Waals surface area (Å²) in [5.74, 6) is 1.68. The lowest BCUT2D eigenvalue weighted by Crippen LogP contribution is -2.41. The maximum Gasteiger partial charge on any atom is 0.191 e. The van der Waals surface area contributed by atoms with E-state index in [4.69, 9.17) is 16.1 Å². The van der Waals surface area contributed by atoms with Crippen molar-refractivity contribution in [2.45, 2.75) is 39.3 Å². The fourth-order valence-corrected chi connectivity index (χ4v) is 3.13. The van der Waals surface area contributed by atoms with Crippen LogP contribution in [-0.4, -0.2) is 43.7 Å². The minimum atomic E-state index is 0.203. The van der Waals surface area contributed by atoms with Crippen LogP contribution in [0.3, 0.4) is 0 Å². The molecule has 0 spiro atoms. The molecule has 1 aromatic carbocycles. The van der Waals surface area contributed by atoms with Gasteiger partial charge in [-0.05, 0) is 38.2 Å². The summed E-state index contributed by atoms with van der Waals surface area (Å²) in [7, 11) is 5.90. The normalized spacial score (nSPS) is 13.1. The molecule has 2 aromatic rings. The number of aryl methyl sites for hydroxylation is 2. The molecule has 0 aliphatic heterocycles. The highest BCUT2D eigenvalue weighted by molar-refractivity contribution is 6.30. The Kier molecular flexibility index (Phi) is 8.13. The number of nitrogens with zero attached hydrogens (tertiary/aromatic N) is 3. The van der Waals surface area contributed by atoms with Crippen molar-refractivity contribution in [3.05, 3.63) is 51.9 Å². The molecule has 1 aromatic heterocycles. The van der Waals surface area contributed by atoms with E-state index in [0.717, 1.165) is 47.4 Å². The number of rotatable bonds is 8. The van der Waals surface area contributed by atoms with Gasteiger partial charge in [0.15, 0.2) is 5.96 Å². The lowest BCUT2D eigenvalue weighted by atomic mass is 10.1. The van der Waals surface area contributed by atoms with Gasteiger partial charge < -0.3 is 20.1 Å². The number of aliphatic imine (C=N–C) groups is 1. The minimum absolute atomic E-state index is 0.203. The molecule has 0 saturated carbocycles. The van der Waals surface area contributed by atoms with E-state index in [9.17, 15) is 0 Å². The first kappa shape index (κ1) is 21.3. The molecule has 7 heteroatoms. The van der Waals surface area contributed by atoms with Gasteiger partial charge in [0.2, 0.25) is 0 Å². The van der Waals surface area contributed by atoms with Crippen LogP contribution in [0, 0.1) is 0 Å². The number of likely N-dealkylation sites (N-methyl/N-ethyl adjacent to an activating group) is 1. The first-order valence-corrected chi connectivity index (χ1v) is 9.70. The molecular formula is C20H30ClN5O. The van der Waals surface area contributed by atoms with Crippen LogP contribution in [-0.2, 0) is 19.4 Å². The number of halogens is 1. The van der Waals surface area contributed by atoms with Crippen molar-refractivity contribution in [1.29, 1.82) is 0 Å². The number of hydrogen-bond donors (Lipinski definition) is 2. The molecule has 6 nitrogen and oxygen atoms in total. The van der Waals surface area contributed by atoms with Gasteiger partial charge in [-0.25, -0.2) is 0 Å². The molecule has 1 heterocycles. The van der Waals surface area contributed by atoms with E-state index in [2.05, 4.69) is 65.8 Å². The SMILES string of the molecule is CCc1noc(CC)c1CNC(=NC)NCC(c1ccc(Cl)cc1)N(C)C. The van der Waals surface area contributed by atoms with Crippen molar-refractivity contribution in [2.75, 3.05) is 27.7 Å². The molecule has 0 aliphatic rings. The zero-order valence-electron chi connectivity index (χ0n) is 16.8. The lowest BCUT2D eigenvalue weighted by Gasteiger charge is -2.26. The zero-order chi connectivity index (χ0) is 19.8. The molecule has 0 bridgehead atoms. The molecule has 2 N–H and O–H groups in total. The maximum absolute atomic E-state index is 6.01. The van der Waals surface area contributed by atoms with Crippen molar-refractivity contribution in [3.8, 4) is 0 Å². The van der Waals surface area contributed by atoms with Crippen LogP contribution in [0.1, 0.15) is 42.5 Å². The van der Waals surface area contributed by atoms with Gasteiger partial charge in [-0.2, -0.15) is 0 Å². The monoisotopic (exact) mass is 391 g/mol. The van der Waals surface area contributed by atoms with Crippen LogP contribution in [0.25, 0.3) is 0 Å². The molecule has 148 valence electrons. The Labute approximate surface area is 167 Å². The average Bonchev–Trinajstić information content (AvgIpc) is 3.07. The molecule has 2 rings (SSSR count). The van der Waals surface area contributed by atoms with E-state index in [1.807, 2.05) is 12.1 Å². The third kappa shape index (κ3) is 5.71. The van der Waals surface area contributed by atoms with Gasteiger partial charge in [-0.3, -0.25) is 4.99 Å². The highest BCUT2D eigenvalue weighted by Crippen LogP contribution is 2.20. The Morgan fingerprint density at radius 2 is 1.89 bits per heavy atom. The Bertz CT molecular complexity index is 718. The van der Waals surface area contributed by atoms with Crippen LogP contribution in [0.15, 0.2) is 33.8 Å². The van der Waals surface area contributed by atoms with E-state index in [0.29, 0.717) is 6.54 Å². The molecule has 27 heavy (non-hydrogen) atoms. The molecule has 0 fully saturated rings. The van der Waals surface area contributed by atoms with Crippen molar-refractivity contribution in [3.63, 3.8) is 0 Å². The molecule has 0 saturated heterocycles. The average molecular weight is 392 g/mol. The summed E-state index contributed by atoms with van der Waals surface area (Å²) >= 11 is 6.01. The Hall–Kier alpha value is -2.05. The third-order valence-electron chi connectivity index (χ3n) is 4.60. The van der Waals surface area contributed by atoms with E-state index < -0.39 is 0 Å². The van der Waals surface area contributed by atoms with Crippen molar-refractivity contribution in [2.24, 2.45) is 4.99 Å². The summed E-state index contributed by atoms with van der Waals surface area (Å²) in [6, 6.07) is 8.16. The first-order chi connectivity index (χ1) is 13.0.